The molecular weight excluding hydrogens is 218 g/mol. The summed E-state index contributed by atoms with van der Waals surface area (Å²) in [5.74, 6) is 0.344. The normalized spacial score (nSPS) is 19.2. The Balaban J connectivity index is 0.000000720. The van der Waals surface area contributed by atoms with Gasteiger partial charge in [0.15, 0.2) is 0 Å². The van der Waals surface area contributed by atoms with Crippen LogP contribution in [0.1, 0.15) is 0 Å². The Morgan fingerprint density at radius 3 is 2.83 bits per heavy atom. The van der Waals surface area contributed by atoms with Crippen LogP contribution in [0.4, 0.5) is 0 Å². The van der Waals surface area contributed by atoms with Gasteiger partial charge in [0.05, 0.1) is 5.70 Å². The number of halogens is 1. The summed E-state index contributed by atoms with van der Waals surface area (Å²) < 4.78 is 0. The van der Waals surface area contributed by atoms with E-state index >= 15 is 0 Å². The molecule has 2 nitrogen and oxygen atoms in total. The van der Waals surface area contributed by atoms with Crippen LogP contribution in [0.25, 0.3) is 0 Å². The van der Waals surface area contributed by atoms with Crippen LogP contribution >= 0.6 is 17.0 Å². The van der Waals surface area contributed by atoms with E-state index in [2.05, 4.69) is 0 Å². The maximum atomic E-state index is 9.37. The minimum atomic E-state index is 0. The van der Waals surface area contributed by atoms with Crippen molar-refractivity contribution in [2.24, 2.45) is 0 Å². The van der Waals surface area contributed by atoms with E-state index < -0.39 is 0 Å². The highest BCUT2D eigenvalue weighted by molar-refractivity contribution is 8.93. The molecule has 0 unspecified atom stereocenters. The molecule has 2 aliphatic rings. The molecule has 0 fully saturated rings. The van der Waals surface area contributed by atoms with Gasteiger partial charge in [-0.15, -0.1) is 17.0 Å². The van der Waals surface area contributed by atoms with Gasteiger partial charge in [-0.2, -0.15) is 0 Å². The number of fused-ring (bicyclic) bond motifs is 1. The summed E-state index contributed by atoms with van der Waals surface area (Å²) in [6, 6.07) is 0. The molecule has 0 bridgehead atoms. The maximum absolute atomic E-state index is 9.37. The second kappa shape index (κ2) is 3.63. The third-order valence-corrected chi connectivity index (χ3v) is 1.78. The Hall–Kier alpha value is -0.960. The van der Waals surface area contributed by atoms with Crippen molar-refractivity contribution in [3.05, 3.63) is 48.0 Å². The third-order valence-electron chi connectivity index (χ3n) is 1.78. The summed E-state index contributed by atoms with van der Waals surface area (Å²) in [7, 11) is 0. The van der Waals surface area contributed by atoms with Crippen LogP contribution in [0.2, 0.25) is 0 Å². The predicted molar refractivity (Wildman–Crippen MR) is 54.1 cm³/mol. The lowest BCUT2D eigenvalue weighted by molar-refractivity contribution is 0.386. The van der Waals surface area contributed by atoms with E-state index in [0.29, 0.717) is 5.76 Å². The number of aliphatic hydroxyl groups excluding tert-OH is 1. The molecule has 2 aliphatic heterocycles. The van der Waals surface area contributed by atoms with Crippen LogP contribution in [-0.4, -0.2) is 16.6 Å². The first-order valence-corrected chi connectivity index (χ1v) is 3.59. The van der Waals surface area contributed by atoms with Crippen LogP contribution in [0.15, 0.2) is 48.0 Å². The quantitative estimate of drug-likeness (QED) is 0.687. The monoisotopic (exact) mass is 227 g/mol. The molecular formula is C9H10BrNO. The lowest BCUT2D eigenvalue weighted by atomic mass is 10.2. The Kier molecular flexibility index (Phi) is 2.76. The van der Waals surface area contributed by atoms with Crippen molar-refractivity contribution < 1.29 is 5.11 Å². The topological polar surface area (TPSA) is 23.5 Å². The second-order valence-corrected chi connectivity index (χ2v) is 2.53. The number of aliphatic hydroxyl groups is 1. The van der Waals surface area contributed by atoms with Gasteiger partial charge in [0.25, 0.3) is 0 Å². The summed E-state index contributed by atoms with van der Waals surface area (Å²) in [4.78, 5) is 2.00. The smallest absolute Gasteiger partial charge is 0.138 e. The van der Waals surface area contributed by atoms with Gasteiger partial charge in [-0.05, 0) is 18.2 Å². The van der Waals surface area contributed by atoms with Crippen molar-refractivity contribution in [1.82, 2.24) is 4.90 Å². The second-order valence-electron chi connectivity index (χ2n) is 2.53. The van der Waals surface area contributed by atoms with E-state index in [1.807, 2.05) is 35.4 Å². The van der Waals surface area contributed by atoms with Gasteiger partial charge in [-0.1, -0.05) is 12.2 Å². The molecule has 64 valence electrons. The molecule has 0 radical (unpaired) electrons. The van der Waals surface area contributed by atoms with Gasteiger partial charge >= 0.3 is 0 Å². The molecule has 2 rings (SSSR count). The van der Waals surface area contributed by atoms with E-state index in [9.17, 15) is 5.11 Å². The molecule has 1 N–H and O–H groups in total. The number of nitrogens with zero attached hydrogens (tertiary/aromatic N) is 1. The van der Waals surface area contributed by atoms with Gasteiger partial charge in [-0.25, -0.2) is 0 Å². The number of hydrogen-bond acceptors (Lipinski definition) is 2. The largest absolute Gasteiger partial charge is 0.506 e. The first-order valence-electron chi connectivity index (χ1n) is 3.59. The molecule has 3 heteroatoms. The summed E-state index contributed by atoms with van der Waals surface area (Å²) in [6.07, 6.45) is 11.4. The third kappa shape index (κ3) is 1.46. The highest BCUT2D eigenvalue weighted by Crippen LogP contribution is 2.19. The van der Waals surface area contributed by atoms with Gasteiger partial charge < -0.3 is 10.0 Å². The summed E-state index contributed by atoms with van der Waals surface area (Å²) in [6.45, 7) is 0.847. The molecule has 0 atom stereocenters. The van der Waals surface area contributed by atoms with E-state index in [0.717, 1.165) is 12.2 Å². The Bertz CT molecular complexity index is 289. The zero-order chi connectivity index (χ0) is 7.68. The number of allylic oxidation sites excluding steroid dienone is 4. The molecule has 0 aromatic rings. The van der Waals surface area contributed by atoms with Crippen molar-refractivity contribution in [2.45, 2.75) is 0 Å². The lowest BCUT2D eigenvalue weighted by Gasteiger charge is -2.25. The molecule has 0 aromatic heterocycles. The first-order chi connectivity index (χ1) is 5.38. The highest BCUT2D eigenvalue weighted by atomic mass is 79.9. The van der Waals surface area contributed by atoms with Crippen molar-refractivity contribution in [3.63, 3.8) is 0 Å². The lowest BCUT2D eigenvalue weighted by Crippen LogP contribution is -2.21. The Morgan fingerprint density at radius 1 is 1.25 bits per heavy atom. The Labute approximate surface area is 82.0 Å². The van der Waals surface area contributed by atoms with E-state index in [1.165, 1.54) is 0 Å². The molecule has 0 spiro atoms. The predicted octanol–water partition coefficient (Wildman–Crippen LogP) is 2.29. The van der Waals surface area contributed by atoms with E-state index in [4.69, 9.17) is 0 Å². The van der Waals surface area contributed by atoms with Crippen LogP contribution in [0.5, 0.6) is 0 Å². The fourth-order valence-corrected chi connectivity index (χ4v) is 1.23. The van der Waals surface area contributed by atoms with Crippen LogP contribution < -0.4 is 0 Å². The highest BCUT2D eigenvalue weighted by Gasteiger charge is 2.12. The summed E-state index contributed by atoms with van der Waals surface area (Å²) in [5, 5.41) is 9.37. The summed E-state index contributed by atoms with van der Waals surface area (Å²) >= 11 is 0. The average Bonchev–Trinajstić information content (AvgIpc) is 2.06. The summed E-state index contributed by atoms with van der Waals surface area (Å²) in [5.41, 5.74) is 0.884. The van der Waals surface area contributed by atoms with Crippen molar-refractivity contribution >= 4 is 17.0 Å². The van der Waals surface area contributed by atoms with Gasteiger partial charge in [0.2, 0.25) is 0 Å². The molecule has 0 aromatic carbocycles. The standard InChI is InChI=1S/C9H9NO.BrH/c11-9-5-3-7-10-6-2-1-4-8(9)10;/h1-6,11H,7H2;1H. The zero-order valence-corrected chi connectivity index (χ0v) is 8.19. The van der Waals surface area contributed by atoms with Gasteiger partial charge in [-0.3, -0.25) is 0 Å². The fraction of sp³-hybridized carbons (Fsp3) is 0.111. The number of hydrogen-bond donors (Lipinski definition) is 1. The molecule has 0 saturated heterocycles. The van der Waals surface area contributed by atoms with Crippen LogP contribution in [0, 0.1) is 0 Å². The molecule has 0 amide bonds. The minimum absolute atomic E-state index is 0. The van der Waals surface area contributed by atoms with Crippen LogP contribution in [-0.2, 0) is 0 Å². The minimum Gasteiger partial charge on any atom is -0.506 e. The van der Waals surface area contributed by atoms with E-state index in [1.54, 1.807) is 6.08 Å². The zero-order valence-electron chi connectivity index (χ0n) is 6.47. The average molecular weight is 228 g/mol. The van der Waals surface area contributed by atoms with Gasteiger partial charge in [0, 0.05) is 12.7 Å². The van der Waals surface area contributed by atoms with Gasteiger partial charge in [0.1, 0.15) is 5.76 Å². The fourth-order valence-electron chi connectivity index (χ4n) is 1.23. The number of rotatable bonds is 0. The molecule has 0 saturated carbocycles. The van der Waals surface area contributed by atoms with Crippen LogP contribution in [0.3, 0.4) is 0 Å². The van der Waals surface area contributed by atoms with Crippen molar-refractivity contribution in [2.75, 3.05) is 6.54 Å². The van der Waals surface area contributed by atoms with Crippen molar-refractivity contribution in [1.29, 1.82) is 0 Å². The van der Waals surface area contributed by atoms with E-state index in [-0.39, 0.29) is 17.0 Å². The SMILES string of the molecule is Br.OC1=C2C=CC=CN2CC=C1. The Morgan fingerprint density at radius 2 is 2.08 bits per heavy atom. The maximum Gasteiger partial charge on any atom is 0.138 e. The van der Waals surface area contributed by atoms with Crippen molar-refractivity contribution in [3.8, 4) is 0 Å². The first kappa shape index (κ1) is 9.13. The molecule has 12 heavy (non-hydrogen) atoms. The molecule has 2 heterocycles. The molecule has 0 aliphatic carbocycles.